The Morgan fingerprint density at radius 2 is 0.918 bits per heavy atom. The van der Waals surface area contributed by atoms with Crippen molar-refractivity contribution in [1.82, 2.24) is 0 Å². The monoisotopic (exact) mass is 780 g/mol. The average molecular weight is 781 g/mol. The molecule has 0 fully saturated rings. The molecule has 10 aromatic carbocycles. The number of fused-ring (bicyclic) bond motifs is 4. The van der Waals surface area contributed by atoms with Crippen LogP contribution in [0, 0.1) is 0 Å². The molecule has 0 N–H and O–H groups in total. The van der Waals surface area contributed by atoms with E-state index < -0.39 is 0 Å². The van der Waals surface area contributed by atoms with E-state index in [0.717, 1.165) is 28.3 Å². The molecule has 1 aliphatic rings. The summed E-state index contributed by atoms with van der Waals surface area (Å²) in [4.78, 5) is 5.03. The van der Waals surface area contributed by atoms with E-state index in [1.807, 2.05) is 0 Å². The highest BCUT2D eigenvalue weighted by molar-refractivity contribution is 6.09. The van der Waals surface area contributed by atoms with Gasteiger partial charge in [0.15, 0.2) is 0 Å². The van der Waals surface area contributed by atoms with Gasteiger partial charge < -0.3 is 9.80 Å². The second-order valence-electron chi connectivity index (χ2n) is 16.5. The summed E-state index contributed by atoms with van der Waals surface area (Å²) in [5.41, 5.74) is 16.3. The Labute approximate surface area is 358 Å². The summed E-state index contributed by atoms with van der Waals surface area (Å²) in [6.07, 6.45) is 0. The molecular formula is C59H44N2. The predicted octanol–water partition coefficient (Wildman–Crippen LogP) is 16.6. The maximum absolute atomic E-state index is 2.55. The minimum absolute atomic E-state index is 0.277. The van der Waals surface area contributed by atoms with E-state index in [2.05, 4.69) is 254 Å². The molecule has 0 atom stereocenters. The molecule has 0 spiro atoms. The second-order valence-corrected chi connectivity index (χ2v) is 16.5. The maximum atomic E-state index is 2.55. The number of nitrogens with zero attached hydrogens (tertiary/aromatic N) is 2. The van der Waals surface area contributed by atoms with Crippen molar-refractivity contribution in [3.8, 4) is 33.4 Å². The zero-order valence-electron chi connectivity index (χ0n) is 34.3. The molecule has 11 rings (SSSR count). The molecule has 2 nitrogen and oxygen atoms in total. The molecule has 2 heteroatoms. The standard InChI is InChI=1S/C59H44N2/c1-59(2)52-29-14-16-31-55(52)61(56-38-35-46(40-53(56)59)49-28-17-24-43-22-9-11-25-48(43)49)58-51-27-12-10-23-45(51)34-39-57(58)60(47-36-32-42(33-37-47)41-18-5-3-6-19-41)54-30-15-13-26-50(54)44-20-7-4-8-21-44/h3-40H,1-2H3. The van der Waals surface area contributed by atoms with Crippen LogP contribution in [0.25, 0.3) is 54.9 Å². The highest BCUT2D eigenvalue weighted by atomic mass is 15.2. The van der Waals surface area contributed by atoms with Crippen LogP contribution in [-0.2, 0) is 5.41 Å². The fourth-order valence-electron chi connectivity index (χ4n) is 9.62. The largest absolute Gasteiger partial charge is 0.308 e. The third-order valence-electron chi connectivity index (χ3n) is 12.6. The number of rotatable bonds is 7. The molecule has 0 bridgehead atoms. The van der Waals surface area contributed by atoms with Gasteiger partial charge >= 0.3 is 0 Å². The van der Waals surface area contributed by atoms with Crippen LogP contribution in [0.1, 0.15) is 25.0 Å². The molecule has 0 saturated carbocycles. The van der Waals surface area contributed by atoms with Gasteiger partial charge in [-0.05, 0) is 97.6 Å². The van der Waals surface area contributed by atoms with Crippen LogP contribution in [-0.4, -0.2) is 0 Å². The van der Waals surface area contributed by atoms with Crippen LogP contribution in [0.15, 0.2) is 231 Å². The van der Waals surface area contributed by atoms with Crippen molar-refractivity contribution in [3.05, 3.63) is 242 Å². The minimum Gasteiger partial charge on any atom is -0.308 e. The first-order valence-corrected chi connectivity index (χ1v) is 21.2. The lowest BCUT2D eigenvalue weighted by atomic mass is 9.72. The van der Waals surface area contributed by atoms with E-state index in [-0.39, 0.29) is 5.41 Å². The van der Waals surface area contributed by atoms with E-state index in [1.54, 1.807) is 0 Å². The molecule has 0 radical (unpaired) electrons. The fraction of sp³-hybridized carbons (Fsp3) is 0.0508. The van der Waals surface area contributed by atoms with E-state index in [1.165, 1.54) is 71.9 Å². The van der Waals surface area contributed by atoms with Gasteiger partial charge in [-0.2, -0.15) is 0 Å². The third kappa shape index (κ3) is 6.19. The molecule has 0 aromatic heterocycles. The first kappa shape index (κ1) is 36.4. The Kier molecular flexibility index (Phi) is 8.86. The van der Waals surface area contributed by atoms with E-state index >= 15 is 0 Å². The molecule has 61 heavy (non-hydrogen) atoms. The van der Waals surface area contributed by atoms with Gasteiger partial charge in [0.1, 0.15) is 0 Å². The topological polar surface area (TPSA) is 6.48 Å². The highest BCUT2D eigenvalue weighted by Gasteiger charge is 2.39. The number of benzene rings is 10. The summed E-state index contributed by atoms with van der Waals surface area (Å²) in [7, 11) is 0. The Hall–Kier alpha value is -7.68. The summed E-state index contributed by atoms with van der Waals surface area (Å²) in [6.45, 7) is 4.77. The number of hydrogen-bond acceptors (Lipinski definition) is 2. The van der Waals surface area contributed by atoms with Crippen LogP contribution in [0.3, 0.4) is 0 Å². The van der Waals surface area contributed by atoms with Crippen molar-refractivity contribution in [3.63, 3.8) is 0 Å². The molecule has 1 aliphatic heterocycles. The normalized spacial score (nSPS) is 12.9. The van der Waals surface area contributed by atoms with Crippen molar-refractivity contribution in [1.29, 1.82) is 0 Å². The molecular weight excluding hydrogens is 737 g/mol. The molecule has 290 valence electrons. The van der Waals surface area contributed by atoms with E-state index in [9.17, 15) is 0 Å². The summed E-state index contributed by atoms with van der Waals surface area (Å²) in [5.74, 6) is 0. The zero-order chi connectivity index (χ0) is 40.9. The van der Waals surface area contributed by atoms with Gasteiger partial charge in [-0.3, -0.25) is 0 Å². The van der Waals surface area contributed by atoms with E-state index in [0.29, 0.717) is 0 Å². The number of para-hydroxylation sites is 2. The van der Waals surface area contributed by atoms with Gasteiger partial charge in [0.05, 0.1) is 28.4 Å². The lowest BCUT2D eigenvalue weighted by Crippen LogP contribution is -2.31. The van der Waals surface area contributed by atoms with Crippen LogP contribution in [0.4, 0.5) is 34.1 Å². The molecule has 1 heterocycles. The predicted molar refractivity (Wildman–Crippen MR) is 259 cm³/mol. The van der Waals surface area contributed by atoms with Crippen LogP contribution in [0.5, 0.6) is 0 Å². The summed E-state index contributed by atoms with van der Waals surface area (Å²) < 4.78 is 0. The highest BCUT2D eigenvalue weighted by Crippen LogP contribution is 2.57. The van der Waals surface area contributed by atoms with Crippen LogP contribution >= 0.6 is 0 Å². The van der Waals surface area contributed by atoms with Gasteiger partial charge in [-0.25, -0.2) is 0 Å². The van der Waals surface area contributed by atoms with Gasteiger partial charge in [0, 0.05) is 22.1 Å². The Bertz CT molecular complexity index is 3210. The van der Waals surface area contributed by atoms with Crippen molar-refractivity contribution >= 4 is 55.7 Å². The van der Waals surface area contributed by atoms with Crippen LogP contribution in [0.2, 0.25) is 0 Å². The Balaban J connectivity index is 1.20. The lowest BCUT2D eigenvalue weighted by Gasteiger charge is -2.44. The number of hydrogen-bond donors (Lipinski definition) is 0. The van der Waals surface area contributed by atoms with Crippen molar-refractivity contribution in [2.45, 2.75) is 19.3 Å². The van der Waals surface area contributed by atoms with Crippen molar-refractivity contribution < 1.29 is 0 Å². The quantitative estimate of drug-likeness (QED) is 0.159. The smallest absolute Gasteiger partial charge is 0.0781 e. The van der Waals surface area contributed by atoms with E-state index in [4.69, 9.17) is 0 Å². The molecule has 0 amide bonds. The van der Waals surface area contributed by atoms with Crippen molar-refractivity contribution in [2.24, 2.45) is 0 Å². The van der Waals surface area contributed by atoms with Gasteiger partial charge in [-0.1, -0.05) is 202 Å². The van der Waals surface area contributed by atoms with Gasteiger partial charge in [-0.15, -0.1) is 0 Å². The van der Waals surface area contributed by atoms with Crippen molar-refractivity contribution in [2.75, 3.05) is 9.80 Å². The summed E-state index contributed by atoms with van der Waals surface area (Å²) in [6, 6.07) is 84.3. The third-order valence-corrected chi connectivity index (χ3v) is 12.6. The minimum atomic E-state index is -0.277. The first-order chi connectivity index (χ1) is 30.0. The number of anilines is 6. The zero-order valence-corrected chi connectivity index (χ0v) is 34.3. The Morgan fingerprint density at radius 1 is 0.361 bits per heavy atom. The maximum Gasteiger partial charge on any atom is 0.0781 e. The average Bonchev–Trinajstić information content (AvgIpc) is 3.33. The fourth-order valence-corrected chi connectivity index (χ4v) is 9.62. The van der Waals surface area contributed by atoms with Crippen LogP contribution < -0.4 is 9.80 Å². The Morgan fingerprint density at radius 3 is 1.70 bits per heavy atom. The van der Waals surface area contributed by atoms with Gasteiger partial charge in [0.2, 0.25) is 0 Å². The molecule has 0 saturated heterocycles. The SMILES string of the molecule is CC1(C)c2ccccc2N(c2c(N(c3ccc(-c4ccccc4)cc3)c3ccccc3-c3ccccc3)ccc3ccccc23)c2ccc(-c3cccc4ccccc34)cc21. The lowest BCUT2D eigenvalue weighted by molar-refractivity contribution is 0.632. The first-order valence-electron chi connectivity index (χ1n) is 21.2. The second kappa shape index (κ2) is 14.9. The van der Waals surface area contributed by atoms with Gasteiger partial charge in [0.25, 0.3) is 0 Å². The molecule has 0 aliphatic carbocycles. The summed E-state index contributed by atoms with van der Waals surface area (Å²) >= 11 is 0. The molecule has 10 aromatic rings. The summed E-state index contributed by atoms with van der Waals surface area (Å²) in [5, 5.41) is 4.88. The molecule has 0 unspecified atom stereocenters.